The maximum absolute atomic E-state index is 12.3. The molecule has 1 aromatic carbocycles. The Bertz CT molecular complexity index is 457. The molecule has 106 valence electrons. The fourth-order valence-corrected chi connectivity index (χ4v) is 2.55. The summed E-state index contributed by atoms with van der Waals surface area (Å²) in [5.41, 5.74) is 1.52. The lowest BCUT2D eigenvalue weighted by Crippen LogP contribution is -2.52. The predicted molar refractivity (Wildman–Crippen MR) is 81.4 cm³/mol. The van der Waals surface area contributed by atoms with E-state index in [1.54, 1.807) is 12.1 Å². The van der Waals surface area contributed by atoms with Crippen LogP contribution in [-0.2, 0) is 0 Å². The van der Waals surface area contributed by atoms with Crippen molar-refractivity contribution < 1.29 is 4.79 Å². The van der Waals surface area contributed by atoms with Crippen molar-refractivity contribution in [3.05, 3.63) is 34.3 Å². The molecule has 5 heteroatoms. The number of rotatable bonds is 2. The van der Waals surface area contributed by atoms with Crippen LogP contribution in [0.25, 0.3) is 0 Å². The van der Waals surface area contributed by atoms with Gasteiger partial charge in [0.15, 0.2) is 0 Å². The van der Waals surface area contributed by atoms with Crippen LogP contribution in [-0.4, -0.2) is 24.5 Å². The molecule has 3 nitrogen and oxygen atoms in total. The highest BCUT2D eigenvalue weighted by Gasteiger charge is 2.28. The van der Waals surface area contributed by atoms with Crippen molar-refractivity contribution >= 4 is 29.9 Å². The van der Waals surface area contributed by atoms with E-state index in [4.69, 9.17) is 11.6 Å². The highest BCUT2D eigenvalue weighted by molar-refractivity contribution is 6.30. The average molecular weight is 303 g/mol. The normalized spacial score (nSPS) is 17.4. The summed E-state index contributed by atoms with van der Waals surface area (Å²) in [6.45, 7) is 5.93. The van der Waals surface area contributed by atoms with Gasteiger partial charge in [-0.05, 0) is 63.5 Å². The lowest BCUT2D eigenvalue weighted by molar-refractivity contribution is 0.0887. The Balaban J connectivity index is 0.00000180. The number of aryl methyl sites for hydroxylation is 1. The zero-order valence-corrected chi connectivity index (χ0v) is 12.8. The SMILES string of the molecule is Cc1cc(Cl)ccc1C(=O)NC1(C)CCNCC1.Cl. The van der Waals surface area contributed by atoms with Crippen LogP contribution in [0.15, 0.2) is 18.2 Å². The smallest absolute Gasteiger partial charge is 0.251 e. The minimum absolute atomic E-state index is 0. The zero-order valence-electron chi connectivity index (χ0n) is 11.3. The van der Waals surface area contributed by atoms with Crippen molar-refractivity contribution in [2.75, 3.05) is 13.1 Å². The molecule has 0 saturated carbocycles. The molecule has 0 spiro atoms. The van der Waals surface area contributed by atoms with Gasteiger partial charge in [-0.15, -0.1) is 12.4 Å². The first-order chi connectivity index (χ1) is 8.50. The molecule has 1 amide bonds. The quantitative estimate of drug-likeness (QED) is 0.882. The van der Waals surface area contributed by atoms with Crippen molar-refractivity contribution in [2.24, 2.45) is 0 Å². The molecule has 0 unspecified atom stereocenters. The molecular formula is C14H20Cl2N2O. The van der Waals surface area contributed by atoms with Gasteiger partial charge in [0.1, 0.15) is 0 Å². The van der Waals surface area contributed by atoms with E-state index < -0.39 is 0 Å². The van der Waals surface area contributed by atoms with Crippen LogP contribution in [0.1, 0.15) is 35.7 Å². The number of benzene rings is 1. The molecule has 0 aromatic heterocycles. The Morgan fingerprint density at radius 2 is 2.00 bits per heavy atom. The summed E-state index contributed by atoms with van der Waals surface area (Å²) in [5.74, 6) is -0.00596. The lowest BCUT2D eigenvalue weighted by Gasteiger charge is -2.35. The van der Waals surface area contributed by atoms with Crippen molar-refractivity contribution in [3.8, 4) is 0 Å². The summed E-state index contributed by atoms with van der Waals surface area (Å²) in [4.78, 5) is 12.3. The third-order valence-corrected chi connectivity index (χ3v) is 3.79. The molecule has 19 heavy (non-hydrogen) atoms. The fourth-order valence-electron chi connectivity index (χ4n) is 2.33. The molecule has 0 atom stereocenters. The molecule has 0 bridgehead atoms. The molecule has 2 N–H and O–H groups in total. The Hall–Kier alpha value is -0.770. The van der Waals surface area contributed by atoms with Crippen LogP contribution < -0.4 is 10.6 Å². The van der Waals surface area contributed by atoms with E-state index in [1.165, 1.54) is 0 Å². The second-order valence-electron chi connectivity index (χ2n) is 5.22. The second-order valence-corrected chi connectivity index (χ2v) is 5.66. The number of hydrogen-bond donors (Lipinski definition) is 2. The van der Waals surface area contributed by atoms with Gasteiger partial charge >= 0.3 is 0 Å². The van der Waals surface area contributed by atoms with Crippen molar-refractivity contribution in [2.45, 2.75) is 32.2 Å². The van der Waals surface area contributed by atoms with Crippen LogP contribution in [0, 0.1) is 6.92 Å². The molecule has 1 heterocycles. The third-order valence-electron chi connectivity index (χ3n) is 3.56. The first kappa shape index (κ1) is 16.3. The van der Waals surface area contributed by atoms with E-state index in [2.05, 4.69) is 17.6 Å². The van der Waals surface area contributed by atoms with E-state index in [0.29, 0.717) is 10.6 Å². The van der Waals surface area contributed by atoms with Crippen molar-refractivity contribution in [1.29, 1.82) is 0 Å². The average Bonchev–Trinajstić information content (AvgIpc) is 2.28. The minimum atomic E-state index is -0.103. The highest BCUT2D eigenvalue weighted by atomic mass is 35.5. The van der Waals surface area contributed by atoms with Gasteiger partial charge in [-0.3, -0.25) is 4.79 Å². The molecule has 1 fully saturated rings. The fraction of sp³-hybridized carbons (Fsp3) is 0.500. The number of halogens is 2. The maximum atomic E-state index is 12.3. The lowest BCUT2D eigenvalue weighted by atomic mass is 9.90. The van der Waals surface area contributed by atoms with Gasteiger partial charge in [0.05, 0.1) is 0 Å². The summed E-state index contributed by atoms with van der Waals surface area (Å²) >= 11 is 5.90. The van der Waals surface area contributed by atoms with E-state index in [-0.39, 0.29) is 23.9 Å². The molecule has 1 saturated heterocycles. The first-order valence-corrected chi connectivity index (χ1v) is 6.67. The standard InChI is InChI=1S/C14H19ClN2O.ClH/c1-10-9-11(15)3-4-12(10)13(18)17-14(2)5-7-16-8-6-14;/h3-4,9,16H,5-8H2,1-2H3,(H,17,18);1H. The monoisotopic (exact) mass is 302 g/mol. The van der Waals surface area contributed by atoms with Crippen LogP contribution >= 0.6 is 24.0 Å². The van der Waals surface area contributed by atoms with Gasteiger partial charge in [0.2, 0.25) is 0 Å². The van der Waals surface area contributed by atoms with Crippen LogP contribution in [0.5, 0.6) is 0 Å². The first-order valence-electron chi connectivity index (χ1n) is 6.30. The molecule has 2 rings (SSSR count). The number of piperidine rings is 1. The second kappa shape index (κ2) is 6.60. The van der Waals surface area contributed by atoms with Gasteiger partial charge in [-0.1, -0.05) is 11.6 Å². The van der Waals surface area contributed by atoms with Crippen LogP contribution in [0.4, 0.5) is 0 Å². The summed E-state index contributed by atoms with van der Waals surface area (Å²) < 4.78 is 0. The largest absolute Gasteiger partial charge is 0.347 e. The number of nitrogens with one attached hydrogen (secondary N) is 2. The van der Waals surface area contributed by atoms with E-state index in [9.17, 15) is 4.79 Å². The summed E-state index contributed by atoms with van der Waals surface area (Å²) in [6, 6.07) is 5.37. The summed E-state index contributed by atoms with van der Waals surface area (Å²) in [7, 11) is 0. The Labute approximate surface area is 125 Å². The number of amides is 1. The highest BCUT2D eigenvalue weighted by Crippen LogP contribution is 2.20. The molecule has 1 aliphatic heterocycles. The van der Waals surface area contributed by atoms with Gasteiger partial charge in [-0.25, -0.2) is 0 Å². The van der Waals surface area contributed by atoms with Gasteiger partial charge in [0.25, 0.3) is 5.91 Å². The van der Waals surface area contributed by atoms with Crippen molar-refractivity contribution in [1.82, 2.24) is 10.6 Å². The van der Waals surface area contributed by atoms with E-state index in [0.717, 1.165) is 31.5 Å². The predicted octanol–water partition coefficient (Wildman–Crippen LogP) is 2.94. The Kier molecular flexibility index (Phi) is 5.65. The van der Waals surface area contributed by atoms with Gasteiger partial charge in [0, 0.05) is 16.1 Å². The van der Waals surface area contributed by atoms with Crippen molar-refractivity contribution in [3.63, 3.8) is 0 Å². The van der Waals surface area contributed by atoms with E-state index >= 15 is 0 Å². The zero-order chi connectivity index (χ0) is 13.2. The molecular weight excluding hydrogens is 283 g/mol. The van der Waals surface area contributed by atoms with E-state index in [1.807, 2.05) is 13.0 Å². The Morgan fingerprint density at radius 3 is 2.58 bits per heavy atom. The van der Waals surface area contributed by atoms with Gasteiger partial charge in [-0.2, -0.15) is 0 Å². The maximum Gasteiger partial charge on any atom is 0.251 e. The minimum Gasteiger partial charge on any atom is -0.347 e. The summed E-state index contributed by atoms with van der Waals surface area (Å²) in [5, 5.41) is 7.12. The molecule has 1 aromatic rings. The molecule has 0 aliphatic carbocycles. The number of carbonyl (C=O) groups excluding carboxylic acids is 1. The Morgan fingerprint density at radius 1 is 1.37 bits per heavy atom. The topological polar surface area (TPSA) is 41.1 Å². The third kappa shape index (κ3) is 4.10. The van der Waals surface area contributed by atoms with Crippen LogP contribution in [0.3, 0.4) is 0 Å². The van der Waals surface area contributed by atoms with Crippen LogP contribution in [0.2, 0.25) is 5.02 Å². The molecule has 1 aliphatic rings. The van der Waals surface area contributed by atoms with Gasteiger partial charge < -0.3 is 10.6 Å². The number of hydrogen-bond acceptors (Lipinski definition) is 2. The summed E-state index contributed by atoms with van der Waals surface area (Å²) in [6.07, 6.45) is 1.93. The number of carbonyl (C=O) groups is 1. The molecule has 0 radical (unpaired) electrons.